The Kier molecular flexibility index (Phi) is 37.7. The van der Waals surface area contributed by atoms with Crippen molar-refractivity contribution in [3.8, 4) is 0 Å². The van der Waals surface area contributed by atoms with Crippen LogP contribution in [0, 0.1) is 0 Å². The second kappa shape index (κ2) is 39.6. The minimum atomic E-state index is -4.30. The minimum absolute atomic E-state index is 0.0777. The molecule has 0 bridgehead atoms. The quantitative estimate of drug-likeness (QED) is 0.0282. The van der Waals surface area contributed by atoms with Gasteiger partial charge in [0, 0.05) is 19.6 Å². The first-order chi connectivity index (χ1) is 25.4. The van der Waals surface area contributed by atoms with Gasteiger partial charge >= 0.3 is 13.8 Å². The molecule has 0 aromatic rings. The zero-order valence-corrected chi connectivity index (χ0v) is 33.4. The lowest BCUT2D eigenvalue weighted by Gasteiger charge is -2.20. The van der Waals surface area contributed by atoms with E-state index in [-0.39, 0.29) is 32.8 Å². The molecule has 0 heterocycles. The van der Waals surface area contributed by atoms with Gasteiger partial charge in [-0.25, -0.2) is 4.57 Å². The second-order valence-electron chi connectivity index (χ2n) is 12.4. The van der Waals surface area contributed by atoms with Gasteiger partial charge in [0.25, 0.3) is 0 Å². The predicted molar refractivity (Wildman–Crippen MR) is 219 cm³/mol. The highest BCUT2D eigenvalue weighted by Crippen LogP contribution is 2.43. The summed E-state index contributed by atoms with van der Waals surface area (Å²) in [4.78, 5) is 22.4. The molecule has 2 atom stereocenters. The third-order valence-electron chi connectivity index (χ3n) is 7.50. The van der Waals surface area contributed by atoms with E-state index in [1.54, 1.807) is 0 Å². The molecule has 296 valence electrons. The Hall–Kier alpha value is -2.58. The van der Waals surface area contributed by atoms with Gasteiger partial charge in [-0.1, -0.05) is 137 Å². The van der Waals surface area contributed by atoms with Crippen LogP contribution in [0.2, 0.25) is 0 Å². The molecule has 2 unspecified atom stereocenters. The average Bonchev–Trinajstić information content (AvgIpc) is 3.13. The first kappa shape index (κ1) is 49.4. The topological polar surface area (TPSA) is 117 Å². The van der Waals surface area contributed by atoms with Gasteiger partial charge in [0.1, 0.15) is 6.10 Å². The highest BCUT2D eigenvalue weighted by molar-refractivity contribution is 7.47. The fourth-order valence-corrected chi connectivity index (χ4v) is 5.46. The molecule has 0 saturated heterocycles. The summed E-state index contributed by atoms with van der Waals surface area (Å²) in [6.45, 7) is 4.54. The SMILES string of the molecule is CC/C=C\C/C=C\C/C=C\C/C=C\C/C=C\CCCC(=O)OC(COCCCCCCCC/C=C\C/C=C\C/C=C\CC)COP(=O)(O)OCCN. The van der Waals surface area contributed by atoms with Crippen molar-refractivity contribution in [2.24, 2.45) is 5.73 Å². The number of phosphoric acid groups is 1. The van der Waals surface area contributed by atoms with E-state index in [1.165, 1.54) is 19.3 Å². The molecule has 0 fully saturated rings. The van der Waals surface area contributed by atoms with Crippen LogP contribution in [0.25, 0.3) is 0 Å². The Bertz CT molecular complexity index is 1110. The number of allylic oxidation sites excluding steroid dienone is 16. The smallest absolute Gasteiger partial charge is 0.457 e. The molecular formula is C43H72NO7P. The molecule has 0 aliphatic rings. The molecule has 0 aromatic carbocycles. The molecule has 3 N–H and O–H groups in total. The lowest BCUT2D eigenvalue weighted by Crippen LogP contribution is -2.28. The minimum Gasteiger partial charge on any atom is -0.457 e. The van der Waals surface area contributed by atoms with Crippen molar-refractivity contribution in [3.63, 3.8) is 0 Å². The molecule has 0 aliphatic carbocycles. The number of carbonyl (C=O) groups is 1. The zero-order chi connectivity index (χ0) is 38.1. The maximum Gasteiger partial charge on any atom is 0.472 e. The van der Waals surface area contributed by atoms with Gasteiger partial charge in [0.2, 0.25) is 0 Å². The molecular weight excluding hydrogens is 673 g/mol. The molecule has 0 amide bonds. The van der Waals surface area contributed by atoms with Gasteiger partial charge in [0.05, 0.1) is 19.8 Å². The number of unbranched alkanes of at least 4 members (excludes halogenated alkanes) is 7. The fraction of sp³-hybridized carbons (Fsp3) is 0.605. The van der Waals surface area contributed by atoms with Gasteiger partial charge in [-0.15, -0.1) is 0 Å². The first-order valence-corrected chi connectivity index (χ1v) is 21.2. The Labute approximate surface area is 317 Å². The number of ether oxygens (including phenoxy) is 2. The average molecular weight is 746 g/mol. The number of hydrogen-bond donors (Lipinski definition) is 2. The van der Waals surface area contributed by atoms with Crippen molar-refractivity contribution in [2.75, 3.05) is 33.0 Å². The number of carbonyl (C=O) groups excluding carboxylic acids is 1. The van der Waals surface area contributed by atoms with Crippen molar-refractivity contribution in [3.05, 3.63) is 97.2 Å². The summed E-state index contributed by atoms with van der Waals surface area (Å²) in [6, 6.07) is 0. The van der Waals surface area contributed by atoms with E-state index in [0.29, 0.717) is 13.0 Å². The molecule has 0 spiro atoms. The molecule has 0 aliphatic heterocycles. The van der Waals surface area contributed by atoms with Crippen LogP contribution in [0.1, 0.15) is 129 Å². The van der Waals surface area contributed by atoms with E-state index in [1.807, 2.05) is 0 Å². The van der Waals surface area contributed by atoms with Gasteiger partial charge in [-0.2, -0.15) is 0 Å². The number of hydrogen-bond acceptors (Lipinski definition) is 7. The van der Waals surface area contributed by atoms with Crippen molar-refractivity contribution in [1.29, 1.82) is 0 Å². The van der Waals surface area contributed by atoms with Crippen LogP contribution in [0.3, 0.4) is 0 Å². The van der Waals surface area contributed by atoms with Gasteiger partial charge in [-0.05, 0) is 83.5 Å². The Balaban J connectivity index is 4.23. The molecule has 8 nitrogen and oxygen atoms in total. The maximum absolute atomic E-state index is 12.5. The van der Waals surface area contributed by atoms with Crippen molar-refractivity contribution in [1.82, 2.24) is 0 Å². The highest BCUT2D eigenvalue weighted by Gasteiger charge is 2.25. The highest BCUT2D eigenvalue weighted by atomic mass is 31.2. The number of esters is 1. The second-order valence-corrected chi connectivity index (χ2v) is 13.8. The Morgan fingerprint density at radius 1 is 0.577 bits per heavy atom. The van der Waals surface area contributed by atoms with Gasteiger partial charge in [-0.3, -0.25) is 13.8 Å². The van der Waals surface area contributed by atoms with Crippen LogP contribution < -0.4 is 5.73 Å². The summed E-state index contributed by atoms with van der Waals surface area (Å²) in [6.07, 6.45) is 51.4. The normalized spacial score (nSPS) is 14.6. The molecule has 52 heavy (non-hydrogen) atoms. The molecule has 0 radical (unpaired) electrons. The van der Waals surface area contributed by atoms with Crippen LogP contribution in [-0.4, -0.2) is 49.9 Å². The van der Waals surface area contributed by atoms with E-state index in [9.17, 15) is 14.3 Å². The summed E-state index contributed by atoms with van der Waals surface area (Å²) >= 11 is 0. The van der Waals surface area contributed by atoms with Crippen LogP contribution in [0.4, 0.5) is 0 Å². The summed E-state index contributed by atoms with van der Waals surface area (Å²) in [5.41, 5.74) is 5.35. The molecule has 0 aromatic heterocycles. The van der Waals surface area contributed by atoms with E-state index in [4.69, 9.17) is 24.3 Å². The van der Waals surface area contributed by atoms with Crippen LogP contribution >= 0.6 is 7.82 Å². The Morgan fingerprint density at radius 3 is 1.52 bits per heavy atom. The molecule has 9 heteroatoms. The third kappa shape index (κ3) is 38.6. The summed E-state index contributed by atoms with van der Waals surface area (Å²) in [5.74, 6) is -0.397. The van der Waals surface area contributed by atoms with E-state index < -0.39 is 19.9 Å². The van der Waals surface area contributed by atoms with E-state index in [0.717, 1.165) is 83.5 Å². The third-order valence-corrected chi connectivity index (χ3v) is 8.48. The van der Waals surface area contributed by atoms with Crippen LogP contribution in [0.15, 0.2) is 97.2 Å². The lowest BCUT2D eigenvalue weighted by molar-refractivity contribution is -0.154. The number of nitrogens with two attached hydrogens (primary N) is 1. The van der Waals surface area contributed by atoms with Gasteiger partial charge < -0.3 is 20.1 Å². The van der Waals surface area contributed by atoms with E-state index in [2.05, 4.69) is 111 Å². The van der Waals surface area contributed by atoms with Crippen molar-refractivity contribution >= 4 is 13.8 Å². The fourth-order valence-electron chi connectivity index (χ4n) is 4.69. The molecule has 0 rings (SSSR count). The van der Waals surface area contributed by atoms with Crippen LogP contribution in [-0.2, 0) is 27.9 Å². The number of rotatable bonds is 36. The predicted octanol–water partition coefficient (Wildman–Crippen LogP) is 11.5. The monoisotopic (exact) mass is 746 g/mol. The van der Waals surface area contributed by atoms with E-state index >= 15 is 0 Å². The Morgan fingerprint density at radius 2 is 1.02 bits per heavy atom. The first-order valence-electron chi connectivity index (χ1n) is 19.7. The summed E-state index contributed by atoms with van der Waals surface area (Å²) in [7, 11) is -4.30. The summed E-state index contributed by atoms with van der Waals surface area (Å²) < 4.78 is 33.3. The zero-order valence-electron chi connectivity index (χ0n) is 32.5. The summed E-state index contributed by atoms with van der Waals surface area (Å²) in [5, 5.41) is 0. The maximum atomic E-state index is 12.5. The number of phosphoric ester groups is 1. The van der Waals surface area contributed by atoms with Crippen molar-refractivity contribution in [2.45, 2.75) is 136 Å². The van der Waals surface area contributed by atoms with Gasteiger partial charge in [0.15, 0.2) is 0 Å². The van der Waals surface area contributed by atoms with Crippen LogP contribution in [0.5, 0.6) is 0 Å². The van der Waals surface area contributed by atoms with Crippen molar-refractivity contribution < 1.29 is 32.8 Å². The standard InChI is InChI=1S/C43H72NO7P/c1-3-5-7-9-11-13-15-17-19-21-22-24-26-28-30-32-34-36-43(45)51-42(41-50-52(46,47)49-39-37-44)40-48-38-35-33-31-29-27-25-23-20-18-16-14-12-10-8-6-4-2/h5-8,11-14,17-20,22,24,28,30,42H,3-4,9-10,15-16,21,23,25-27,29,31-41,44H2,1-2H3,(H,46,47)/b7-5-,8-6-,13-11-,14-12-,19-17-,20-18-,24-22-,30-28-. The largest absolute Gasteiger partial charge is 0.472 e. The molecule has 0 saturated carbocycles. The lowest BCUT2D eigenvalue weighted by atomic mass is 10.1.